The molecule has 2 atom stereocenters. The molecule has 0 fully saturated rings. The van der Waals surface area contributed by atoms with E-state index in [4.69, 9.17) is 23.8 Å². The molecule has 1 heterocycles. The van der Waals surface area contributed by atoms with E-state index in [1.165, 1.54) is 4.90 Å². The number of benzene rings is 1. The second-order valence-electron chi connectivity index (χ2n) is 9.43. The van der Waals surface area contributed by atoms with Crippen LogP contribution in [0.15, 0.2) is 35.5 Å². The van der Waals surface area contributed by atoms with Gasteiger partial charge in [-0.15, -0.1) is 0 Å². The van der Waals surface area contributed by atoms with Crippen molar-refractivity contribution in [2.45, 2.75) is 71.8 Å². The van der Waals surface area contributed by atoms with Crippen molar-refractivity contribution in [1.29, 1.82) is 0 Å². The van der Waals surface area contributed by atoms with E-state index in [-0.39, 0.29) is 51.5 Å². The van der Waals surface area contributed by atoms with Crippen molar-refractivity contribution in [2.24, 2.45) is 5.16 Å². The van der Waals surface area contributed by atoms with Crippen LogP contribution in [0, 0.1) is 0 Å². The number of amides is 2. The van der Waals surface area contributed by atoms with Crippen LogP contribution in [0.5, 0.6) is 0 Å². The Kier molecular flexibility index (Phi) is 11.8. The molecule has 2 rings (SSSR count). The summed E-state index contributed by atoms with van der Waals surface area (Å²) in [6.07, 6.45) is -2.31. The minimum Gasteiger partial charge on any atom is -0.466 e. The van der Waals surface area contributed by atoms with Gasteiger partial charge < -0.3 is 29.1 Å². The molecular weight excluding hydrogens is 498 g/mol. The zero-order chi connectivity index (χ0) is 28.1. The van der Waals surface area contributed by atoms with Crippen LogP contribution in [-0.4, -0.2) is 78.8 Å². The first-order valence-corrected chi connectivity index (χ1v) is 12.5. The van der Waals surface area contributed by atoms with Gasteiger partial charge in [0.2, 0.25) is 0 Å². The summed E-state index contributed by atoms with van der Waals surface area (Å²) < 4.78 is 20.9. The molecule has 1 aromatic carbocycles. The monoisotopic (exact) mass is 535 g/mol. The Bertz CT molecular complexity index is 976. The molecule has 0 saturated carbocycles. The molecule has 210 valence electrons. The van der Waals surface area contributed by atoms with E-state index >= 15 is 0 Å². The van der Waals surface area contributed by atoms with E-state index in [9.17, 15) is 19.2 Å². The van der Waals surface area contributed by atoms with Crippen LogP contribution in [0.3, 0.4) is 0 Å². The maximum atomic E-state index is 13.3. The average Bonchev–Trinajstić information content (AvgIpc) is 3.32. The summed E-state index contributed by atoms with van der Waals surface area (Å²) >= 11 is 0. The van der Waals surface area contributed by atoms with E-state index in [1.54, 1.807) is 46.8 Å². The van der Waals surface area contributed by atoms with Crippen LogP contribution in [0.4, 0.5) is 9.59 Å². The van der Waals surface area contributed by atoms with Crippen molar-refractivity contribution in [3.05, 3.63) is 35.9 Å². The normalized spacial score (nSPS) is 15.4. The summed E-state index contributed by atoms with van der Waals surface area (Å²) in [4.78, 5) is 56.7. The number of hydrogen-bond acceptors (Lipinski definition) is 10. The highest BCUT2D eigenvalue weighted by atomic mass is 16.6. The van der Waals surface area contributed by atoms with Crippen LogP contribution >= 0.6 is 0 Å². The second-order valence-corrected chi connectivity index (χ2v) is 9.43. The van der Waals surface area contributed by atoms with Gasteiger partial charge in [-0.1, -0.05) is 35.5 Å². The molecule has 1 aliphatic rings. The number of rotatable bonds is 12. The molecule has 1 N–H and O–H groups in total. The van der Waals surface area contributed by atoms with Crippen LogP contribution in [-0.2, 0) is 40.0 Å². The fourth-order valence-corrected chi connectivity index (χ4v) is 3.48. The number of ether oxygens (including phenoxy) is 4. The summed E-state index contributed by atoms with van der Waals surface area (Å²) in [5, 5.41) is 6.39. The third kappa shape index (κ3) is 10.7. The van der Waals surface area contributed by atoms with Crippen LogP contribution in [0.2, 0.25) is 0 Å². The predicted molar refractivity (Wildman–Crippen MR) is 136 cm³/mol. The quantitative estimate of drug-likeness (QED) is 0.315. The van der Waals surface area contributed by atoms with Gasteiger partial charge in [0, 0.05) is 13.0 Å². The third-order valence-corrected chi connectivity index (χ3v) is 5.11. The van der Waals surface area contributed by atoms with E-state index < -0.39 is 41.9 Å². The molecular formula is C26H37N3O9. The molecule has 0 saturated heterocycles. The van der Waals surface area contributed by atoms with Gasteiger partial charge in [0.15, 0.2) is 11.8 Å². The number of nitrogens with one attached hydrogen (secondary N) is 1. The standard InChI is InChI=1S/C26H37N3O9/c1-6-34-22(30)13-19(15-27-24(32)37-26(3,4)5)29(25(33)36-17-18-11-9-8-10-12-18)16-20-14-21(28-38-20)23(31)35-7-2/h8-12,19-20H,6-7,13-17H2,1-5H3,(H,27,32)/t19-,20?/m0/s1. The number of carbonyl (C=O) groups excluding carboxylic acids is 4. The minimum atomic E-state index is -0.875. The van der Waals surface area contributed by atoms with Crippen molar-refractivity contribution in [3.63, 3.8) is 0 Å². The highest BCUT2D eigenvalue weighted by molar-refractivity contribution is 6.36. The first-order valence-electron chi connectivity index (χ1n) is 12.5. The topological polar surface area (TPSA) is 142 Å². The summed E-state index contributed by atoms with van der Waals surface area (Å²) in [7, 11) is 0. The van der Waals surface area contributed by atoms with Gasteiger partial charge in [0.1, 0.15) is 12.2 Å². The lowest BCUT2D eigenvalue weighted by Crippen LogP contribution is -2.51. The van der Waals surface area contributed by atoms with E-state index in [2.05, 4.69) is 10.5 Å². The van der Waals surface area contributed by atoms with E-state index in [1.807, 2.05) is 18.2 Å². The summed E-state index contributed by atoms with van der Waals surface area (Å²) in [6.45, 7) is 8.58. The molecule has 1 aliphatic heterocycles. The number of hydrogen-bond donors (Lipinski definition) is 1. The van der Waals surface area contributed by atoms with Crippen molar-refractivity contribution in [1.82, 2.24) is 10.2 Å². The summed E-state index contributed by atoms with van der Waals surface area (Å²) in [6, 6.07) is 8.20. The van der Waals surface area contributed by atoms with Crippen LogP contribution in [0.1, 0.15) is 53.0 Å². The Morgan fingerprint density at radius 2 is 1.76 bits per heavy atom. The predicted octanol–water partition coefficient (Wildman–Crippen LogP) is 3.18. The SMILES string of the molecule is CCOC(=O)C[C@@H](CNC(=O)OC(C)(C)C)N(CC1CC(C(=O)OCC)=NO1)C(=O)OCc1ccccc1. The van der Waals surface area contributed by atoms with Crippen molar-refractivity contribution in [3.8, 4) is 0 Å². The Balaban J connectivity index is 2.21. The molecule has 38 heavy (non-hydrogen) atoms. The lowest BCUT2D eigenvalue weighted by molar-refractivity contribution is -0.144. The number of alkyl carbamates (subject to hydrolysis) is 1. The average molecular weight is 536 g/mol. The molecule has 12 nitrogen and oxygen atoms in total. The van der Waals surface area contributed by atoms with Crippen molar-refractivity contribution < 1.29 is 43.0 Å². The molecule has 0 aromatic heterocycles. The third-order valence-electron chi connectivity index (χ3n) is 5.11. The summed E-state index contributed by atoms with van der Waals surface area (Å²) in [5.74, 6) is -1.18. The number of nitrogens with zero attached hydrogens (tertiary/aromatic N) is 2. The Morgan fingerprint density at radius 1 is 1.08 bits per heavy atom. The molecule has 1 aromatic rings. The maximum absolute atomic E-state index is 13.3. The Labute approximate surface area is 222 Å². The Morgan fingerprint density at radius 3 is 2.39 bits per heavy atom. The maximum Gasteiger partial charge on any atom is 0.410 e. The molecule has 0 bridgehead atoms. The first-order chi connectivity index (χ1) is 18.0. The first kappa shape index (κ1) is 30.4. The molecule has 0 radical (unpaired) electrons. The molecule has 1 unspecified atom stereocenters. The highest BCUT2D eigenvalue weighted by Gasteiger charge is 2.35. The molecule has 0 spiro atoms. The van der Waals surface area contributed by atoms with Gasteiger partial charge >= 0.3 is 24.1 Å². The zero-order valence-corrected chi connectivity index (χ0v) is 22.6. The highest BCUT2D eigenvalue weighted by Crippen LogP contribution is 2.18. The Hall–Kier alpha value is -3.83. The second kappa shape index (κ2) is 14.8. The molecule has 2 amide bonds. The van der Waals surface area contributed by atoms with Gasteiger partial charge in [-0.3, -0.25) is 9.69 Å². The van der Waals surface area contributed by atoms with Gasteiger partial charge in [0.25, 0.3) is 0 Å². The fraction of sp³-hybridized carbons (Fsp3) is 0.577. The van der Waals surface area contributed by atoms with Crippen LogP contribution < -0.4 is 5.32 Å². The van der Waals surface area contributed by atoms with Crippen LogP contribution in [0.25, 0.3) is 0 Å². The van der Waals surface area contributed by atoms with E-state index in [0.29, 0.717) is 0 Å². The number of esters is 2. The fourth-order valence-electron chi connectivity index (χ4n) is 3.48. The lowest BCUT2D eigenvalue weighted by Gasteiger charge is -2.32. The van der Waals surface area contributed by atoms with Crippen molar-refractivity contribution >= 4 is 29.8 Å². The lowest BCUT2D eigenvalue weighted by atomic mass is 10.1. The number of oxime groups is 1. The van der Waals surface area contributed by atoms with Crippen molar-refractivity contribution in [2.75, 3.05) is 26.3 Å². The van der Waals surface area contributed by atoms with Gasteiger partial charge in [0.05, 0.1) is 32.2 Å². The zero-order valence-electron chi connectivity index (χ0n) is 22.6. The van der Waals surface area contributed by atoms with Gasteiger partial charge in [-0.25, -0.2) is 14.4 Å². The largest absolute Gasteiger partial charge is 0.466 e. The summed E-state index contributed by atoms with van der Waals surface area (Å²) in [5.41, 5.74) is 0.107. The van der Waals surface area contributed by atoms with E-state index in [0.717, 1.165) is 5.56 Å². The van der Waals surface area contributed by atoms with Gasteiger partial charge in [-0.2, -0.15) is 0 Å². The minimum absolute atomic E-state index is 0.0160. The molecule has 12 heteroatoms. The smallest absolute Gasteiger partial charge is 0.410 e. The molecule has 0 aliphatic carbocycles. The number of carbonyl (C=O) groups is 4. The van der Waals surface area contributed by atoms with Gasteiger partial charge in [-0.05, 0) is 40.2 Å².